The molecule has 0 atom stereocenters. The maximum absolute atomic E-state index is 9.27. The van der Waals surface area contributed by atoms with Gasteiger partial charge in [0.25, 0.3) is 0 Å². The lowest BCUT2D eigenvalue weighted by Gasteiger charge is -2.04. The molecule has 0 spiro atoms. The Labute approximate surface area is 96.5 Å². The molecule has 0 saturated carbocycles. The fourth-order valence-electron chi connectivity index (χ4n) is 0.872. The molecule has 0 bridgehead atoms. The Balaban J connectivity index is 2.62. The molecule has 0 aliphatic heterocycles. The molecule has 16 heavy (non-hydrogen) atoms. The fraction of sp³-hybridized carbons (Fsp3) is 0.200. The number of hydrogen-bond acceptors (Lipinski definition) is 1. The SMILES string of the molecule is CC(C)(O)C#CC#CC#Cc1ccccc1. The molecule has 1 heteroatoms. The van der Waals surface area contributed by atoms with Crippen molar-refractivity contribution >= 4 is 0 Å². The molecule has 0 aromatic heterocycles. The Bertz CT molecular complexity index is 514. The molecular formula is C15H12O. The number of benzene rings is 1. The van der Waals surface area contributed by atoms with Crippen LogP contribution in [0.2, 0.25) is 0 Å². The predicted molar refractivity (Wildman–Crippen MR) is 65.2 cm³/mol. The van der Waals surface area contributed by atoms with Crippen LogP contribution in [0.4, 0.5) is 0 Å². The van der Waals surface area contributed by atoms with E-state index in [2.05, 4.69) is 35.5 Å². The second-order valence-corrected chi connectivity index (χ2v) is 3.68. The van der Waals surface area contributed by atoms with Gasteiger partial charge < -0.3 is 5.11 Å². The Morgan fingerprint density at radius 3 is 2.19 bits per heavy atom. The molecule has 0 aliphatic carbocycles. The van der Waals surface area contributed by atoms with Crippen molar-refractivity contribution in [1.82, 2.24) is 0 Å². The molecule has 0 saturated heterocycles. The zero-order chi connectivity index (χ0) is 11.9. The fourth-order valence-corrected chi connectivity index (χ4v) is 0.872. The van der Waals surface area contributed by atoms with Crippen LogP contribution in [0.3, 0.4) is 0 Å². The number of hydrogen-bond donors (Lipinski definition) is 1. The van der Waals surface area contributed by atoms with E-state index in [1.165, 1.54) is 0 Å². The van der Waals surface area contributed by atoms with Crippen molar-refractivity contribution in [3.63, 3.8) is 0 Å². The van der Waals surface area contributed by atoms with Crippen molar-refractivity contribution in [2.75, 3.05) is 0 Å². The summed E-state index contributed by atoms with van der Waals surface area (Å²) >= 11 is 0. The molecule has 0 radical (unpaired) electrons. The minimum absolute atomic E-state index is 0.923. The molecule has 0 unspecified atom stereocenters. The lowest BCUT2D eigenvalue weighted by atomic mass is 10.1. The van der Waals surface area contributed by atoms with E-state index in [-0.39, 0.29) is 0 Å². The molecule has 0 heterocycles. The van der Waals surface area contributed by atoms with Gasteiger partial charge in [-0.25, -0.2) is 0 Å². The summed E-state index contributed by atoms with van der Waals surface area (Å²) in [7, 11) is 0. The molecule has 1 aromatic carbocycles. The van der Waals surface area contributed by atoms with Gasteiger partial charge in [-0.05, 0) is 49.7 Å². The Hall–Kier alpha value is -2.14. The van der Waals surface area contributed by atoms with Crippen LogP contribution in [0, 0.1) is 35.5 Å². The van der Waals surface area contributed by atoms with Crippen molar-refractivity contribution < 1.29 is 5.11 Å². The van der Waals surface area contributed by atoms with Gasteiger partial charge in [-0.3, -0.25) is 0 Å². The van der Waals surface area contributed by atoms with Crippen LogP contribution in [0.5, 0.6) is 0 Å². The molecule has 1 aromatic rings. The highest BCUT2D eigenvalue weighted by Gasteiger charge is 2.04. The first-order valence-corrected chi connectivity index (χ1v) is 4.88. The van der Waals surface area contributed by atoms with E-state index in [0.29, 0.717) is 0 Å². The average Bonchev–Trinajstić information content (AvgIpc) is 2.23. The second-order valence-electron chi connectivity index (χ2n) is 3.68. The van der Waals surface area contributed by atoms with Crippen molar-refractivity contribution in [1.29, 1.82) is 0 Å². The zero-order valence-corrected chi connectivity index (χ0v) is 9.33. The van der Waals surface area contributed by atoms with Gasteiger partial charge in [-0.2, -0.15) is 0 Å². The summed E-state index contributed by atoms with van der Waals surface area (Å²) in [6, 6.07) is 9.61. The first-order valence-electron chi connectivity index (χ1n) is 4.88. The summed E-state index contributed by atoms with van der Waals surface area (Å²) in [4.78, 5) is 0. The van der Waals surface area contributed by atoms with Gasteiger partial charge in [-0.1, -0.05) is 30.0 Å². The van der Waals surface area contributed by atoms with Crippen LogP contribution >= 0.6 is 0 Å². The van der Waals surface area contributed by atoms with Crippen LogP contribution in [-0.2, 0) is 0 Å². The lowest BCUT2D eigenvalue weighted by Crippen LogP contribution is -2.14. The minimum Gasteiger partial charge on any atom is -0.378 e. The largest absolute Gasteiger partial charge is 0.378 e. The first-order chi connectivity index (χ1) is 7.58. The summed E-state index contributed by atoms with van der Waals surface area (Å²) in [5.74, 6) is 15.9. The molecular weight excluding hydrogens is 196 g/mol. The van der Waals surface area contributed by atoms with Gasteiger partial charge >= 0.3 is 0 Å². The van der Waals surface area contributed by atoms with Gasteiger partial charge in [0.1, 0.15) is 5.60 Å². The summed E-state index contributed by atoms with van der Waals surface area (Å²) in [6.07, 6.45) is 0. The van der Waals surface area contributed by atoms with Crippen LogP contribution in [-0.4, -0.2) is 10.7 Å². The molecule has 1 nitrogen and oxygen atoms in total. The van der Waals surface area contributed by atoms with E-state index in [4.69, 9.17) is 0 Å². The Kier molecular flexibility index (Phi) is 4.23. The Morgan fingerprint density at radius 1 is 0.938 bits per heavy atom. The normalized spacial score (nSPS) is 8.69. The van der Waals surface area contributed by atoms with E-state index in [1.807, 2.05) is 30.3 Å². The van der Waals surface area contributed by atoms with Crippen molar-refractivity contribution in [3.8, 4) is 35.5 Å². The predicted octanol–water partition coefficient (Wildman–Crippen LogP) is 1.82. The molecule has 78 valence electrons. The summed E-state index contributed by atoms with van der Waals surface area (Å²) in [5, 5.41) is 9.27. The quantitative estimate of drug-likeness (QED) is 0.645. The number of rotatable bonds is 0. The van der Waals surface area contributed by atoms with Crippen LogP contribution in [0.25, 0.3) is 0 Å². The van der Waals surface area contributed by atoms with Crippen molar-refractivity contribution in [2.45, 2.75) is 19.4 Å². The van der Waals surface area contributed by atoms with Crippen LogP contribution < -0.4 is 0 Å². The maximum Gasteiger partial charge on any atom is 0.120 e. The van der Waals surface area contributed by atoms with E-state index < -0.39 is 5.60 Å². The third kappa shape index (κ3) is 5.56. The monoisotopic (exact) mass is 208 g/mol. The maximum atomic E-state index is 9.27. The number of aliphatic hydroxyl groups is 1. The van der Waals surface area contributed by atoms with E-state index in [0.717, 1.165) is 5.56 Å². The van der Waals surface area contributed by atoms with Gasteiger partial charge in [0.05, 0.1) is 0 Å². The summed E-state index contributed by atoms with van der Waals surface area (Å²) in [6.45, 7) is 3.22. The third-order valence-electron chi connectivity index (χ3n) is 1.54. The smallest absolute Gasteiger partial charge is 0.120 e. The van der Waals surface area contributed by atoms with Gasteiger partial charge in [0, 0.05) is 5.56 Å². The average molecular weight is 208 g/mol. The highest BCUT2D eigenvalue weighted by molar-refractivity contribution is 5.42. The molecule has 0 amide bonds. The molecule has 0 aliphatic rings. The van der Waals surface area contributed by atoms with Gasteiger partial charge in [0.2, 0.25) is 0 Å². The van der Waals surface area contributed by atoms with E-state index >= 15 is 0 Å². The third-order valence-corrected chi connectivity index (χ3v) is 1.54. The second kappa shape index (κ2) is 5.67. The zero-order valence-electron chi connectivity index (χ0n) is 9.33. The van der Waals surface area contributed by atoms with Crippen LogP contribution in [0.1, 0.15) is 19.4 Å². The van der Waals surface area contributed by atoms with Crippen molar-refractivity contribution in [2.24, 2.45) is 0 Å². The summed E-state index contributed by atoms with van der Waals surface area (Å²) < 4.78 is 0. The topological polar surface area (TPSA) is 20.2 Å². The van der Waals surface area contributed by atoms with Gasteiger partial charge in [0.15, 0.2) is 0 Å². The first kappa shape index (κ1) is 11.9. The highest BCUT2D eigenvalue weighted by Crippen LogP contribution is 1.95. The summed E-state index contributed by atoms with van der Waals surface area (Å²) in [5.41, 5.74) is -0.0751. The van der Waals surface area contributed by atoms with E-state index in [9.17, 15) is 5.11 Å². The molecule has 1 N–H and O–H groups in total. The standard InChI is InChI=1S/C15H12O/c1-15(2,16)13-9-4-3-6-10-14-11-7-5-8-12-14/h5,7-8,11-12,16H,1-2H3. The molecule has 0 fully saturated rings. The minimum atomic E-state index is -0.998. The van der Waals surface area contributed by atoms with E-state index in [1.54, 1.807) is 13.8 Å². The van der Waals surface area contributed by atoms with Crippen molar-refractivity contribution in [3.05, 3.63) is 35.9 Å². The van der Waals surface area contributed by atoms with Gasteiger partial charge in [-0.15, -0.1) is 0 Å². The highest BCUT2D eigenvalue weighted by atomic mass is 16.3. The van der Waals surface area contributed by atoms with Crippen LogP contribution in [0.15, 0.2) is 30.3 Å². The Morgan fingerprint density at radius 2 is 1.56 bits per heavy atom. The lowest BCUT2D eigenvalue weighted by molar-refractivity contribution is 0.143. The molecule has 1 rings (SSSR count).